The normalized spacial score (nSPS) is 24.5. The predicted molar refractivity (Wildman–Crippen MR) is 144 cm³/mol. The van der Waals surface area contributed by atoms with Crippen LogP contribution in [0.1, 0.15) is 74.4 Å². The quantitative estimate of drug-likeness (QED) is 0.451. The Bertz CT molecular complexity index is 1250. The fourth-order valence-corrected chi connectivity index (χ4v) is 7.16. The molecule has 0 aromatic heterocycles. The molecule has 0 saturated heterocycles. The summed E-state index contributed by atoms with van der Waals surface area (Å²) < 4.78 is 0. The van der Waals surface area contributed by atoms with Crippen LogP contribution in [0.4, 0.5) is 0 Å². The van der Waals surface area contributed by atoms with Gasteiger partial charge in [-0.15, -0.1) is 0 Å². The van der Waals surface area contributed by atoms with Crippen molar-refractivity contribution in [3.63, 3.8) is 0 Å². The third kappa shape index (κ3) is 4.00. The second kappa shape index (κ2) is 8.92. The molecular weight excluding hydrogens is 470 g/mol. The number of amides is 1. The Balaban J connectivity index is 1.44. The van der Waals surface area contributed by atoms with Crippen LogP contribution in [0.25, 0.3) is 5.57 Å². The SMILES string of the molecule is CC1(C)C(c2ccc(C(=O)O)cc2)=CC[C@]2(C)CN(C(=O)C3(c4ccc(Cl)cc4)CCCC3)CC=C12. The van der Waals surface area contributed by atoms with Gasteiger partial charge in [-0.05, 0) is 60.2 Å². The number of aromatic carboxylic acids is 1. The highest BCUT2D eigenvalue weighted by Gasteiger charge is 2.50. The Morgan fingerprint density at radius 2 is 1.56 bits per heavy atom. The topological polar surface area (TPSA) is 57.6 Å². The second-order valence-corrected chi connectivity index (χ2v) is 11.9. The maximum Gasteiger partial charge on any atom is 0.335 e. The van der Waals surface area contributed by atoms with Gasteiger partial charge < -0.3 is 10.0 Å². The zero-order valence-corrected chi connectivity index (χ0v) is 22.1. The fraction of sp³-hybridized carbons (Fsp3) is 0.419. The number of benzene rings is 2. The molecule has 0 spiro atoms. The van der Waals surface area contributed by atoms with Gasteiger partial charge in [0.2, 0.25) is 5.91 Å². The fourth-order valence-electron chi connectivity index (χ4n) is 7.03. The van der Waals surface area contributed by atoms with Gasteiger partial charge in [0.1, 0.15) is 0 Å². The molecule has 1 amide bonds. The Morgan fingerprint density at radius 3 is 2.17 bits per heavy atom. The number of rotatable bonds is 4. The van der Waals surface area contributed by atoms with Gasteiger partial charge in [0.25, 0.3) is 0 Å². The summed E-state index contributed by atoms with van der Waals surface area (Å²) in [5, 5.41) is 9.96. The van der Waals surface area contributed by atoms with Gasteiger partial charge in [-0.25, -0.2) is 4.79 Å². The first-order valence-electron chi connectivity index (χ1n) is 12.9. The first-order valence-corrected chi connectivity index (χ1v) is 13.3. The van der Waals surface area contributed by atoms with Crippen LogP contribution in [-0.2, 0) is 10.2 Å². The van der Waals surface area contributed by atoms with E-state index in [0.29, 0.717) is 23.7 Å². The van der Waals surface area contributed by atoms with Crippen LogP contribution in [0.3, 0.4) is 0 Å². The maximum absolute atomic E-state index is 14.2. The molecule has 188 valence electrons. The Labute approximate surface area is 218 Å². The Kier molecular flexibility index (Phi) is 6.15. The molecule has 1 fully saturated rings. The molecule has 2 aromatic rings. The number of allylic oxidation sites excluding steroid dienone is 2. The minimum atomic E-state index is -0.913. The number of carboxylic acid groups (broad SMARTS) is 1. The molecular formula is C31H34ClNO3. The van der Waals surface area contributed by atoms with Crippen molar-refractivity contribution in [2.75, 3.05) is 13.1 Å². The third-order valence-electron chi connectivity index (χ3n) is 8.80. The van der Waals surface area contributed by atoms with Gasteiger partial charge in [0.15, 0.2) is 0 Å². The van der Waals surface area contributed by atoms with E-state index in [2.05, 4.69) is 37.8 Å². The first-order chi connectivity index (χ1) is 17.1. The highest BCUT2D eigenvalue weighted by atomic mass is 35.5. The van der Waals surface area contributed by atoms with Crippen molar-refractivity contribution < 1.29 is 14.7 Å². The smallest absolute Gasteiger partial charge is 0.335 e. The summed E-state index contributed by atoms with van der Waals surface area (Å²) in [4.78, 5) is 27.5. The van der Waals surface area contributed by atoms with E-state index in [1.165, 1.54) is 11.1 Å². The summed E-state index contributed by atoms with van der Waals surface area (Å²) in [6.45, 7) is 8.10. The van der Waals surface area contributed by atoms with E-state index in [-0.39, 0.29) is 16.7 Å². The van der Waals surface area contributed by atoms with Crippen molar-refractivity contribution in [1.82, 2.24) is 4.90 Å². The first kappa shape index (κ1) is 24.8. The molecule has 2 aromatic carbocycles. The van der Waals surface area contributed by atoms with Crippen LogP contribution in [0.5, 0.6) is 0 Å². The van der Waals surface area contributed by atoms with Crippen molar-refractivity contribution in [3.05, 3.63) is 88.0 Å². The van der Waals surface area contributed by atoms with Crippen molar-refractivity contribution in [1.29, 1.82) is 0 Å². The van der Waals surface area contributed by atoms with Crippen molar-refractivity contribution in [3.8, 4) is 0 Å². The molecule has 0 radical (unpaired) electrons. The lowest BCUT2D eigenvalue weighted by Crippen LogP contribution is -2.53. The number of hydrogen-bond acceptors (Lipinski definition) is 2. The molecule has 3 aliphatic rings. The van der Waals surface area contributed by atoms with Gasteiger partial charge in [-0.2, -0.15) is 0 Å². The second-order valence-electron chi connectivity index (χ2n) is 11.5. The molecule has 36 heavy (non-hydrogen) atoms. The monoisotopic (exact) mass is 503 g/mol. The van der Waals surface area contributed by atoms with E-state index < -0.39 is 11.4 Å². The molecule has 1 heterocycles. The maximum atomic E-state index is 14.2. The van der Waals surface area contributed by atoms with Gasteiger partial charge in [-0.1, -0.05) is 87.2 Å². The van der Waals surface area contributed by atoms with E-state index in [9.17, 15) is 14.7 Å². The molecule has 0 unspecified atom stereocenters. The highest BCUT2D eigenvalue weighted by molar-refractivity contribution is 6.30. The van der Waals surface area contributed by atoms with Gasteiger partial charge in [0.05, 0.1) is 11.0 Å². The largest absolute Gasteiger partial charge is 0.478 e. The third-order valence-corrected chi connectivity index (χ3v) is 9.05. The van der Waals surface area contributed by atoms with Crippen LogP contribution in [0.15, 0.2) is 66.3 Å². The summed E-state index contributed by atoms with van der Waals surface area (Å²) in [6, 6.07) is 15.0. The number of halogens is 1. The van der Waals surface area contributed by atoms with Crippen molar-refractivity contribution in [2.24, 2.45) is 10.8 Å². The molecule has 1 saturated carbocycles. The molecule has 5 heteroatoms. The summed E-state index contributed by atoms with van der Waals surface area (Å²) in [5.74, 6) is -0.667. The van der Waals surface area contributed by atoms with Crippen molar-refractivity contribution in [2.45, 2.75) is 58.3 Å². The summed E-state index contributed by atoms with van der Waals surface area (Å²) >= 11 is 6.16. The van der Waals surface area contributed by atoms with E-state index in [1.807, 2.05) is 36.4 Å². The zero-order chi connectivity index (χ0) is 25.7. The zero-order valence-electron chi connectivity index (χ0n) is 21.3. The summed E-state index contributed by atoms with van der Waals surface area (Å²) in [6.07, 6.45) is 9.34. The van der Waals surface area contributed by atoms with Crippen LogP contribution in [0, 0.1) is 10.8 Å². The number of carbonyl (C=O) groups excluding carboxylic acids is 1. The van der Waals surface area contributed by atoms with Gasteiger partial charge >= 0.3 is 5.97 Å². The van der Waals surface area contributed by atoms with Crippen LogP contribution in [0.2, 0.25) is 5.02 Å². The van der Waals surface area contributed by atoms with E-state index >= 15 is 0 Å². The van der Waals surface area contributed by atoms with Crippen LogP contribution in [-0.4, -0.2) is 35.0 Å². The molecule has 2 aliphatic carbocycles. The lowest BCUT2D eigenvalue weighted by molar-refractivity contribution is -0.138. The molecule has 1 N–H and O–H groups in total. The van der Waals surface area contributed by atoms with E-state index in [1.54, 1.807) is 12.1 Å². The average molecular weight is 504 g/mol. The minimum absolute atomic E-state index is 0.137. The lowest BCUT2D eigenvalue weighted by atomic mass is 9.58. The van der Waals surface area contributed by atoms with E-state index in [0.717, 1.165) is 43.2 Å². The Morgan fingerprint density at radius 1 is 0.917 bits per heavy atom. The standard InChI is InChI=1S/C31H34ClNO3/c1-29(2)25(21-6-8-22(9-7-21)27(34)35)14-18-30(3)20-33(19-15-26(29)30)28(36)31(16-4-5-17-31)23-10-12-24(32)13-11-23/h6-15H,4-5,16-20H2,1-3H3,(H,34,35)/t30-/m1/s1. The van der Waals surface area contributed by atoms with Gasteiger partial charge in [0, 0.05) is 28.9 Å². The number of carboxylic acids is 1. The van der Waals surface area contributed by atoms with Crippen LogP contribution < -0.4 is 0 Å². The molecule has 1 aliphatic heterocycles. The molecule has 1 atom stereocenters. The van der Waals surface area contributed by atoms with Crippen molar-refractivity contribution >= 4 is 29.1 Å². The molecule has 4 nitrogen and oxygen atoms in total. The van der Waals surface area contributed by atoms with Gasteiger partial charge in [-0.3, -0.25) is 4.79 Å². The summed E-state index contributed by atoms with van der Waals surface area (Å²) in [5.41, 5.74) is 4.22. The number of fused-ring (bicyclic) bond motifs is 1. The highest BCUT2D eigenvalue weighted by Crippen LogP contribution is 2.56. The summed E-state index contributed by atoms with van der Waals surface area (Å²) in [7, 11) is 0. The van der Waals surface area contributed by atoms with E-state index in [4.69, 9.17) is 11.6 Å². The number of nitrogens with zero attached hydrogens (tertiary/aromatic N) is 1. The average Bonchev–Trinajstić information content (AvgIpc) is 3.34. The number of hydrogen-bond donors (Lipinski definition) is 1. The molecule has 5 rings (SSSR count). The number of carbonyl (C=O) groups is 2. The Hall–Kier alpha value is -2.85. The predicted octanol–water partition coefficient (Wildman–Crippen LogP) is 7.14. The minimum Gasteiger partial charge on any atom is -0.478 e. The lowest BCUT2D eigenvalue weighted by Gasteiger charge is -2.51. The molecule has 0 bridgehead atoms. The van der Waals surface area contributed by atoms with Crippen LogP contribution >= 0.6 is 11.6 Å².